The van der Waals surface area contributed by atoms with E-state index in [4.69, 9.17) is 5.11 Å². The molecule has 3 aromatic rings. The molecule has 0 saturated heterocycles. The van der Waals surface area contributed by atoms with E-state index in [2.05, 4.69) is 15.3 Å². The van der Waals surface area contributed by atoms with Crippen molar-refractivity contribution in [2.75, 3.05) is 0 Å². The number of thiazole rings is 1. The minimum Gasteiger partial charge on any atom is -0.476 e. The van der Waals surface area contributed by atoms with Gasteiger partial charge in [-0.2, -0.15) is 0 Å². The van der Waals surface area contributed by atoms with Gasteiger partial charge in [-0.25, -0.2) is 14.5 Å². The van der Waals surface area contributed by atoms with E-state index in [0.717, 1.165) is 22.4 Å². The number of carboxylic acid groups (broad SMARTS) is 1. The summed E-state index contributed by atoms with van der Waals surface area (Å²) in [5.41, 5.74) is 2.39. The summed E-state index contributed by atoms with van der Waals surface area (Å²) in [5.74, 6) is -1.00. The van der Waals surface area contributed by atoms with Gasteiger partial charge in [-0.15, -0.1) is 16.4 Å². The Bertz CT molecular complexity index is 718. The zero-order chi connectivity index (χ0) is 12.5. The number of rotatable bonds is 3. The lowest BCUT2D eigenvalue weighted by Crippen LogP contribution is -2.03. The molecule has 18 heavy (non-hydrogen) atoms. The first-order valence-electron chi connectivity index (χ1n) is 5.20. The van der Waals surface area contributed by atoms with Crippen LogP contribution in [0.3, 0.4) is 0 Å². The lowest BCUT2D eigenvalue weighted by Gasteiger charge is -1.98. The predicted molar refractivity (Wildman–Crippen MR) is 65.7 cm³/mol. The van der Waals surface area contributed by atoms with E-state index in [1.165, 1.54) is 0 Å². The summed E-state index contributed by atoms with van der Waals surface area (Å²) in [4.78, 5) is 14.8. The first kappa shape index (κ1) is 10.8. The van der Waals surface area contributed by atoms with Crippen molar-refractivity contribution in [1.82, 2.24) is 20.0 Å². The van der Waals surface area contributed by atoms with Crippen molar-refractivity contribution in [3.63, 3.8) is 0 Å². The molecule has 0 bridgehead atoms. The van der Waals surface area contributed by atoms with Crippen LogP contribution >= 0.6 is 11.3 Å². The average Bonchev–Trinajstić information content (AvgIpc) is 2.98. The third kappa shape index (κ3) is 1.84. The number of nitrogens with zero attached hydrogens (tertiary/aromatic N) is 4. The molecule has 2 heterocycles. The molecule has 90 valence electrons. The summed E-state index contributed by atoms with van der Waals surface area (Å²) >= 11 is 1.11. The summed E-state index contributed by atoms with van der Waals surface area (Å²) in [7, 11) is 0. The molecule has 0 aliphatic carbocycles. The van der Waals surface area contributed by atoms with Gasteiger partial charge >= 0.3 is 5.97 Å². The van der Waals surface area contributed by atoms with Gasteiger partial charge in [-0.3, -0.25) is 0 Å². The van der Waals surface area contributed by atoms with E-state index < -0.39 is 5.97 Å². The van der Waals surface area contributed by atoms with Crippen molar-refractivity contribution in [2.24, 2.45) is 0 Å². The van der Waals surface area contributed by atoms with Crippen molar-refractivity contribution in [3.05, 3.63) is 40.3 Å². The van der Waals surface area contributed by atoms with Gasteiger partial charge in [0.1, 0.15) is 5.52 Å². The Labute approximate surface area is 106 Å². The van der Waals surface area contributed by atoms with Gasteiger partial charge < -0.3 is 5.11 Å². The summed E-state index contributed by atoms with van der Waals surface area (Å²) in [6.45, 7) is 0.421. The Hall–Kier alpha value is -2.28. The quantitative estimate of drug-likeness (QED) is 0.774. The first-order valence-corrected chi connectivity index (χ1v) is 6.08. The van der Waals surface area contributed by atoms with E-state index in [0.29, 0.717) is 12.2 Å². The van der Waals surface area contributed by atoms with Crippen LogP contribution in [0.25, 0.3) is 11.0 Å². The second-order valence-electron chi connectivity index (χ2n) is 3.68. The van der Waals surface area contributed by atoms with Crippen LogP contribution in [0.15, 0.2) is 29.6 Å². The lowest BCUT2D eigenvalue weighted by molar-refractivity contribution is 0.0696. The van der Waals surface area contributed by atoms with Crippen LogP contribution in [0.4, 0.5) is 0 Å². The second-order valence-corrected chi connectivity index (χ2v) is 4.54. The van der Waals surface area contributed by atoms with Gasteiger partial charge in [0.15, 0.2) is 0 Å². The maximum Gasteiger partial charge on any atom is 0.365 e. The minimum absolute atomic E-state index is 0.0921. The highest BCUT2D eigenvalue weighted by atomic mass is 32.1. The fourth-order valence-corrected chi connectivity index (χ4v) is 2.31. The maximum absolute atomic E-state index is 10.7. The van der Waals surface area contributed by atoms with Crippen molar-refractivity contribution >= 4 is 28.3 Å². The molecule has 6 nitrogen and oxygen atoms in total. The monoisotopic (exact) mass is 260 g/mol. The van der Waals surface area contributed by atoms with Crippen molar-refractivity contribution in [3.8, 4) is 0 Å². The van der Waals surface area contributed by atoms with Crippen LogP contribution in [0.1, 0.15) is 15.5 Å². The van der Waals surface area contributed by atoms with Crippen molar-refractivity contribution < 1.29 is 9.90 Å². The number of aromatic carboxylic acids is 1. The largest absolute Gasteiger partial charge is 0.476 e. The van der Waals surface area contributed by atoms with Crippen LogP contribution in [0.5, 0.6) is 0 Å². The molecule has 0 unspecified atom stereocenters. The molecule has 0 fully saturated rings. The Morgan fingerprint density at radius 1 is 1.39 bits per heavy atom. The molecule has 0 aliphatic heterocycles. The Kier molecular flexibility index (Phi) is 2.52. The van der Waals surface area contributed by atoms with Gasteiger partial charge in [-0.1, -0.05) is 17.3 Å². The van der Waals surface area contributed by atoms with E-state index in [1.54, 1.807) is 10.1 Å². The van der Waals surface area contributed by atoms with Crippen molar-refractivity contribution in [2.45, 2.75) is 6.54 Å². The molecule has 3 rings (SSSR count). The number of hydrogen-bond acceptors (Lipinski definition) is 5. The summed E-state index contributed by atoms with van der Waals surface area (Å²) < 4.78 is 1.70. The molecule has 0 atom stereocenters. The molecule has 1 N–H and O–H groups in total. The number of hydrogen-bond donors (Lipinski definition) is 1. The highest BCUT2D eigenvalue weighted by Crippen LogP contribution is 2.14. The van der Waals surface area contributed by atoms with E-state index in [9.17, 15) is 4.79 Å². The van der Waals surface area contributed by atoms with Gasteiger partial charge in [0.05, 0.1) is 17.8 Å². The molecule has 0 aliphatic rings. The standard InChI is InChI=1S/C11H8N4O2S/c16-11(17)10-12-7(6-18-10)5-15-9-4-2-1-3-8(9)13-14-15/h1-4,6H,5H2,(H,16,17). The van der Waals surface area contributed by atoms with Crippen LogP contribution in [0, 0.1) is 0 Å². The van der Waals surface area contributed by atoms with Crippen LogP contribution in [-0.2, 0) is 6.54 Å². The first-order chi connectivity index (χ1) is 8.74. The van der Waals surface area contributed by atoms with Gasteiger partial charge in [0.2, 0.25) is 5.01 Å². The Morgan fingerprint density at radius 2 is 2.22 bits per heavy atom. The Morgan fingerprint density at radius 3 is 3.00 bits per heavy atom. The molecule has 7 heteroatoms. The zero-order valence-electron chi connectivity index (χ0n) is 9.15. The number of para-hydroxylation sites is 1. The molecule has 0 amide bonds. The minimum atomic E-state index is -1.00. The number of aromatic nitrogens is 4. The maximum atomic E-state index is 10.7. The number of carboxylic acids is 1. The van der Waals surface area contributed by atoms with Gasteiger partial charge in [0.25, 0.3) is 0 Å². The molecule has 1 aromatic carbocycles. The Balaban J connectivity index is 1.93. The number of fused-ring (bicyclic) bond motifs is 1. The predicted octanol–water partition coefficient (Wildman–Crippen LogP) is 1.63. The SMILES string of the molecule is O=C(O)c1nc(Cn2nnc3ccccc32)cs1. The third-order valence-corrected chi connectivity index (χ3v) is 3.35. The third-order valence-electron chi connectivity index (χ3n) is 2.47. The van der Waals surface area contributed by atoms with E-state index in [-0.39, 0.29) is 5.01 Å². The normalized spacial score (nSPS) is 10.9. The summed E-state index contributed by atoms with van der Waals surface area (Å²) in [6, 6.07) is 7.60. The lowest BCUT2D eigenvalue weighted by atomic mass is 10.3. The van der Waals surface area contributed by atoms with Crippen LogP contribution in [0.2, 0.25) is 0 Å². The van der Waals surface area contributed by atoms with E-state index >= 15 is 0 Å². The highest BCUT2D eigenvalue weighted by Gasteiger charge is 2.10. The van der Waals surface area contributed by atoms with Crippen LogP contribution < -0.4 is 0 Å². The highest BCUT2D eigenvalue weighted by molar-refractivity contribution is 7.11. The molecule has 2 aromatic heterocycles. The number of benzene rings is 1. The average molecular weight is 260 g/mol. The van der Waals surface area contributed by atoms with E-state index in [1.807, 2.05) is 24.3 Å². The van der Waals surface area contributed by atoms with Crippen molar-refractivity contribution in [1.29, 1.82) is 0 Å². The van der Waals surface area contributed by atoms with Gasteiger partial charge in [-0.05, 0) is 12.1 Å². The zero-order valence-corrected chi connectivity index (χ0v) is 9.96. The fraction of sp³-hybridized carbons (Fsp3) is 0.0909. The molecule has 0 spiro atoms. The molecular formula is C11H8N4O2S. The van der Waals surface area contributed by atoms with Crippen LogP contribution in [-0.4, -0.2) is 31.1 Å². The summed E-state index contributed by atoms with van der Waals surface area (Å²) in [6.07, 6.45) is 0. The topological polar surface area (TPSA) is 80.9 Å². The number of carbonyl (C=O) groups is 1. The molecule has 0 radical (unpaired) electrons. The second kappa shape index (κ2) is 4.19. The fourth-order valence-electron chi connectivity index (χ4n) is 1.67. The summed E-state index contributed by atoms with van der Waals surface area (Å²) in [5, 5.41) is 18.7. The van der Waals surface area contributed by atoms with Gasteiger partial charge in [0, 0.05) is 5.38 Å². The molecule has 0 saturated carbocycles. The smallest absolute Gasteiger partial charge is 0.365 e. The molecular weight excluding hydrogens is 252 g/mol.